The lowest BCUT2D eigenvalue weighted by atomic mass is 9.98. The lowest BCUT2D eigenvalue weighted by Gasteiger charge is -2.14. The summed E-state index contributed by atoms with van der Waals surface area (Å²) in [6.07, 6.45) is 0. The van der Waals surface area contributed by atoms with Crippen molar-refractivity contribution in [3.8, 4) is 62.4 Å². The van der Waals surface area contributed by atoms with Crippen LogP contribution < -0.4 is 0 Å². The van der Waals surface area contributed by atoms with Crippen molar-refractivity contribution in [2.45, 2.75) is 0 Å². The predicted molar refractivity (Wildman–Crippen MR) is 320 cm³/mol. The molecule has 6 heteroatoms. The maximum Gasteiger partial charge on any atom is 0.238 e. The number of rotatable bonds is 7. The van der Waals surface area contributed by atoms with Gasteiger partial charge in [0.05, 0.1) is 33.1 Å². The van der Waals surface area contributed by atoms with Crippen molar-refractivity contribution in [3.05, 3.63) is 267 Å². The maximum absolute atomic E-state index is 5.40. The Labute approximate surface area is 442 Å². The maximum atomic E-state index is 5.40. The first-order valence-corrected chi connectivity index (χ1v) is 26.2. The summed E-state index contributed by atoms with van der Waals surface area (Å²) in [7, 11) is 0. The van der Waals surface area contributed by atoms with E-state index in [2.05, 4.69) is 281 Å². The number of benzene rings is 12. The smallest absolute Gasteiger partial charge is 0.238 e. The highest BCUT2D eigenvalue weighted by molar-refractivity contribution is 6.29. The molecular formula is C71H44N6. The number of para-hydroxylation sites is 3. The average Bonchev–Trinajstić information content (AvgIpc) is 4.18. The molecule has 0 amide bonds. The Balaban J connectivity index is 0.932. The van der Waals surface area contributed by atoms with Gasteiger partial charge in [0.1, 0.15) is 0 Å². The summed E-state index contributed by atoms with van der Waals surface area (Å²) in [4.78, 5) is 16.0. The first-order chi connectivity index (χ1) is 38.2. The van der Waals surface area contributed by atoms with Crippen LogP contribution in [0.2, 0.25) is 0 Å². The average molecular weight is 981 g/mol. The van der Waals surface area contributed by atoms with Crippen molar-refractivity contribution >= 4 is 87.0 Å². The minimum atomic E-state index is 0.554. The first kappa shape index (κ1) is 43.0. The highest BCUT2D eigenvalue weighted by Crippen LogP contribution is 2.44. The molecule has 0 saturated carbocycles. The fourth-order valence-corrected chi connectivity index (χ4v) is 12.1. The molecule has 0 spiro atoms. The van der Waals surface area contributed by atoms with E-state index in [1.54, 1.807) is 0 Å². The van der Waals surface area contributed by atoms with Crippen LogP contribution in [0.1, 0.15) is 0 Å². The summed E-state index contributed by atoms with van der Waals surface area (Å²) in [5.74, 6) is 1.78. The standard InChI is InChI=1S/C71H44N6/c1-3-17-45(18-4-1)53-41-54(46-19-5-2-6-20-46)43-56(42-53)76-63-30-16-13-27-60(63)68-65(76)38-37-64-67(68)59-26-12-15-29-62(59)75(64)55-35-36-58-57-25-11-14-28-61(57)77(66(58)44-55)71-73-69(51-33-31-47-21-7-9-23-49(47)39-51)72-70(74-71)52-34-32-48-22-8-10-24-50(48)40-52/h1-44H. The lowest BCUT2D eigenvalue weighted by molar-refractivity contribution is 0.953. The van der Waals surface area contributed by atoms with Crippen molar-refractivity contribution < 1.29 is 0 Å². The number of hydrogen-bond acceptors (Lipinski definition) is 3. The van der Waals surface area contributed by atoms with E-state index in [0.717, 1.165) is 87.9 Å². The second kappa shape index (κ2) is 17.1. The molecule has 0 N–H and O–H groups in total. The van der Waals surface area contributed by atoms with Gasteiger partial charge in [0, 0.05) is 54.8 Å². The predicted octanol–water partition coefficient (Wildman–Crippen LogP) is 18.1. The Morgan fingerprint density at radius 3 is 1.21 bits per heavy atom. The van der Waals surface area contributed by atoms with Crippen LogP contribution in [-0.4, -0.2) is 28.7 Å². The van der Waals surface area contributed by atoms with E-state index in [0.29, 0.717) is 17.6 Å². The Bertz CT molecular complexity index is 4890. The van der Waals surface area contributed by atoms with Crippen LogP contribution >= 0.6 is 0 Å². The minimum absolute atomic E-state index is 0.554. The monoisotopic (exact) mass is 980 g/mol. The minimum Gasteiger partial charge on any atom is -0.309 e. The number of fused-ring (bicyclic) bond motifs is 12. The van der Waals surface area contributed by atoms with Crippen LogP contribution in [0.5, 0.6) is 0 Å². The Morgan fingerprint density at radius 1 is 0.221 bits per heavy atom. The molecule has 0 bridgehead atoms. The third-order valence-corrected chi connectivity index (χ3v) is 15.6. The van der Waals surface area contributed by atoms with Gasteiger partial charge < -0.3 is 9.13 Å². The van der Waals surface area contributed by atoms with Crippen LogP contribution in [-0.2, 0) is 0 Å². The van der Waals surface area contributed by atoms with Gasteiger partial charge in [0.15, 0.2) is 11.6 Å². The van der Waals surface area contributed by atoms with Crippen molar-refractivity contribution in [2.24, 2.45) is 0 Å². The molecule has 0 aliphatic heterocycles. The number of hydrogen-bond donors (Lipinski definition) is 0. The molecule has 0 aliphatic carbocycles. The van der Waals surface area contributed by atoms with E-state index >= 15 is 0 Å². The molecule has 16 aromatic rings. The molecule has 4 heterocycles. The summed E-state index contributed by atoms with van der Waals surface area (Å²) in [5, 5.41) is 11.7. The van der Waals surface area contributed by atoms with Gasteiger partial charge in [-0.2, -0.15) is 9.97 Å². The van der Waals surface area contributed by atoms with E-state index in [-0.39, 0.29) is 0 Å². The van der Waals surface area contributed by atoms with Crippen molar-refractivity contribution in [2.75, 3.05) is 0 Å². The molecule has 6 nitrogen and oxygen atoms in total. The van der Waals surface area contributed by atoms with Crippen molar-refractivity contribution in [3.63, 3.8) is 0 Å². The molecule has 0 fully saturated rings. The quantitative estimate of drug-likeness (QED) is 0.160. The summed E-state index contributed by atoms with van der Waals surface area (Å²) in [5.41, 5.74) is 15.3. The third-order valence-electron chi connectivity index (χ3n) is 15.6. The highest BCUT2D eigenvalue weighted by atomic mass is 15.2. The van der Waals surface area contributed by atoms with Crippen LogP contribution in [0.25, 0.3) is 149 Å². The molecule has 77 heavy (non-hydrogen) atoms. The van der Waals surface area contributed by atoms with E-state index in [1.807, 2.05) is 0 Å². The van der Waals surface area contributed by atoms with Gasteiger partial charge in [-0.1, -0.05) is 194 Å². The molecular weight excluding hydrogens is 937 g/mol. The lowest BCUT2D eigenvalue weighted by Crippen LogP contribution is -2.06. The summed E-state index contributed by atoms with van der Waals surface area (Å²) in [6, 6.07) is 96.1. The second-order valence-electron chi connectivity index (χ2n) is 20.0. The van der Waals surface area contributed by atoms with E-state index in [4.69, 9.17) is 15.0 Å². The third kappa shape index (κ3) is 6.86. The van der Waals surface area contributed by atoms with Gasteiger partial charge in [-0.3, -0.25) is 4.57 Å². The number of aromatic nitrogens is 6. The molecule has 358 valence electrons. The largest absolute Gasteiger partial charge is 0.309 e. The topological polar surface area (TPSA) is 53.5 Å². The summed E-state index contributed by atoms with van der Waals surface area (Å²) >= 11 is 0. The molecule has 12 aromatic carbocycles. The van der Waals surface area contributed by atoms with Crippen LogP contribution in [0, 0.1) is 0 Å². The Hall–Kier alpha value is -10.4. The number of nitrogens with zero attached hydrogens (tertiary/aromatic N) is 6. The van der Waals surface area contributed by atoms with Crippen molar-refractivity contribution in [1.29, 1.82) is 0 Å². The van der Waals surface area contributed by atoms with E-state index in [9.17, 15) is 0 Å². The summed E-state index contributed by atoms with van der Waals surface area (Å²) < 4.78 is 7.14. The zero-order valence-corrected chi connectivity index (χ0v) is 41.6. The molecule has 0 saturated heterocycles. The molecule has 0 aliphatic rings. The summed E-state index contributed by atoms with van der Waals surface area (Å²) in [6.45, 7) is 0. The highest BCUT2D eigenvalue weighted by Gasteiger charge is 2.24. The molecule has 0 radical (unpaired) electrons. The molecule has 0 atom stereocenters. The molecule has 16 rings (SSSR count). The molecule has 0 unspecified atom stereocenters. The zero-order chi connectivity index (χ0) is 50.6. The fourth-order valence-electron chi connectivity index (χ4n) is 12.1. The Morgan fingerprint density at radius 2 is 0.662 bits per heavy atom. The fraction of sp³-hybridized carbons (Fsp3) is 0. The molecule has 4 aromatic heterocycles. The van der Waals surface area contributed by atoms with Crippen LogP contribution in [0.15, 0.2) is 267 Å². The van der Waals surface area contributed by atoms with Gasteiger partial charge in [-0.25, -0.2) is 4.98 Å². The second-order valence-corrected chi connectivity index (χ2v) is 20.0. The zero-order valence-electron chi connectivity index (χ0n) is 41.6. The van der Waals surface area contributed by atoms with E-state index < -0.39 is 0 Å². The SMILES string of the molecule is c1ccc(-c2cc(-c3ccccc3)cc(-n3c4ccccc4c4c5c6ccccc6n(-c6ccc7c8ccccc8n(-c8nc(-c9ccc%10ccccc%10c9)nc(-c9ccc%10ccccc%10c9)n8)c7c6)c5ccc43)c2)cc1. The van der Waals surface area contributed by atoms with Gasteiger partial charge in [0.2, 0.25) is 5.95 Å². The van der Waals surface area contributed by atoms with Crippen LogP contribution in [0.4, 0.5) is 0 Å². The van der Waals surface area contributed by atoms with Gasteiger partial charge in [-0.05, 0) is 117 Å². The Kier molecular flexibility index (Phi) is 9.53. The van der Waals surface area contributed by atoms with Gasteiger partial charge in [0.25, 0.3) is 0 Å². The van der Waals surface area contributed by atoms with Crippen molar-refractivity contribution in [1.82, 2.24) is 28.7 Å². The van der Waals surface area contributed by atoms with Crippen LogP contribution in [0.3, 0.4) is 0 Å². The normalized spacial score (nSPS) is 11.9. The van der Waals surface area contributed by atoms with Gasteiger partial charge >= 0.3 is 0 Å². The van der Waals surface area contributed by atoms with E-state index in [1.165, 1.54) is 43.8 Å². The van der Waals surface area contributed by atoms with Gasteiger partial charge in [-0.15, -0.1) is 0 Å². The first-order valence-electron chi connectivity index (χ1n) is 26.2.